The van der Waals surface area contributed by atoms with Crippen LogP contribution in [0, 0.1) is 11.8 Å². The van der Waals surface area contributed by atoms with Crippen LogP contribution in [0.5, 0.6) is 0 Å². The van der Waals surface area contributed by atoms with Crippen LogP contribution in [-0.2, 0) is 9.47 Å². The predicted molar refractivity (Wildman–Crippen MR) is 88.3 cm³/mol. The topological polar surface area (TPSA) is 24.9 Å². The Kier molecular flexibility index (Phi) is 4.81. The highest BCUT2D eigenvalue weighted by atomic mass is 16.5. The predicted octanol–water partition coefficient (Wildman–Crippen LogP) is 4.62. The van der Waals surface area contributed by atoms with Crippen LogP contribution < -0.4 is 0 Å². The first-order valence-electron chi connectivity index (χ1n) is 7.38. The summed E-state index contributed by atoms with van der Waals surface area (Å²) in [6.07, 6.45) is 11.0. The van der Waals surface area contributed by atoms with Crippen LogP contribution in [0.25, 0.3) is 0 Å². The average molecular weight is 300 g/mol. The normalized spacial score (nSPS) is 19.6. The fourth-order valence-corrected chi connectivity index (χ4v) is 2.19. The minimum Gasteiger partial charge on any atom is -0.466 e. The first kappa shape index (κ1) is 16.0. The Hall–Kier alpha value is -2.36. The van der Waals surface area contributed by atoms with E-state index in [2.05, 4.69) is 27.0 Å². The third-order valence-corrected chi connectivity index (χ3v) is 3.91. The van der Waals surface area contributed by atoms with Gasteiger partial charge in [0.15, 0.2) is 0 Å². The van der Waals surface area contributed by atoms with Gasteiger partial charge in [-0.3, -0.25) is 0 Å². The van der Waals surface area contributed by atoms with Crippen LogP contribution in [0.1, 0.15) is 27.7 Å². The minimum atomic E-state index is 0.163. The molecule has 0 bridgehead atoms. The first-order valence-corrected chi connectivity index (χ1v) is 7.38. The zero-order valence-corrected chi connectivity index (χ0v) is 13.7. The number of allylic oxidation sites excluding steroid dienone is 4. The molecule has 2 atom stereocenters. The van der Waals surface area contributed by atoms with E-state index in [-0.39, 0.29) is 11.8 Å². The summed E-state index contributed by atoms with van der Waals surface area (Å²) >= 11 is 0. The van der Waals surface area contributed by atoms with Crippen molar-refractivity contribution < 1.29 is 9.47 Å². The van der Waals surface area contributed by atoms with Gasteiger partial charge < -0.3 is 19.3 Å². The molecule has 2 rings (SSSR count). The van der Waals surface area contributed by atoms with E-state index in [1.807, 2.05) is 48.4 Å². The van der Waals surface area contributed by atoms with Gasteiger partial charge in [-0.1, -0.05) is 27.0 Å². The van der Waals surface area contributed by atoms with E-state index >= 15 is 0 Å². The lowest BCUT2D eigenvalue weighted by Crippen LogP contribution is -2.22. The lowest BCUT2D eigenvalue weighted by Gasteiger charge is -2.30. The van der Waals surface area contributed by atoms with Crippen molar-refractivity contribution in [1.29, 1.82) is 0 Å². The molecule has 2 aliphatic heterocycles. The van der Waals surface area contributed by atoms with Crippen molar-refractivity contribution >= 4 is 0 Å². The van der Waals surface area contributed by atoms with E-state index in [1.54, 1.807) is 12.5 Å². The molecule has 0 aromatic carbocycles. The smallest absolute Gasteiger partial charge is 0.123 e. The zero-order chi connectivity index (χ0) is 16.3. The lowest BCUT2D eigenvalue weighted by atomic mass is 9.92. The molecule has 0 fully saturated rings. The third-order valence-electron chi connectivity index (χ3n) is 3.91. The summed E-state index contributed by atoms with van der Waals surface area (Å²) in [5, 5.41) is 0. The zero-order valence-electron chi connectivity index (χ0n) is 13.7. The molecule has 0 aromatic rings. The van der Waals surface area contributed by atoms with Gasteiger partial charge in [0.2, 0.25) is 0 Å². The van der Waals surface area contributed by atoms with Crippen molar-refractivity contribution in [2.75, 3.05) is 0 Å². The molecule has 2 heterocycles. The fourth-order valence-electron chi connectivity index (χ4n) is 2.19. The van der Waals surface area contributed by atoms with Gasteiger partial charge in [0.25, 0.3) is 0 Å². The molecular weight excluding hydrogens is 276 g/mol. The fraction of sp³-hybridized carbons (Fsp3) is 0.333. The summed E-state index contributed by atoms with van der Waals surface area (Å²) in [6, 6.07) is 0. The van der Waals surface area contributed by atoms with Crippen molar-refractivity contribution in [1.82, 2.24) is 9.80 Å². The molecule has 0 saturated carbocycles. The van der Waals surface area contributed by atoms with E-state index in [9.17, 15) is 0 Å². The van der Waals surface area contributed by atoms with Crippen molar-refractivity contribution in [2.24, 2.45) is 11.8 Å². The number of hydrogen-bond acceptors (Lipinski definition) is 4. The Morgan fingerprint density at radius 3 is 1.55 bits per heavy atom. The van der Waals surface area contributed by atoms with E-state index in [0.29, 0.717) is 0 Å². The summed E-state index contributed by atoms with van der Waals surface area (Å²) in [5.41, 5.74) is 1.89. The number of rotatable bonds is 5. The van der Waals surface area contributed by atoms with Gasteiger partial charge in [0.1, 0.15) is 24.0 Å². The van der Waals surface area contributed by atoms with Gasteiger partial charge in [0.05, 0.1) is 0 Å². The number of hydrogen-bond donors (Lipinski definition) is 0. The second-order valence-corrected chi connectivity index (χ2v) is 5.73. The van der Waals surface area contributed by atoms with E-state index < -0.39 is 0 Å². The second-order valence-electron chi connectivity index (χ2n) is 5.73. The molecule has 4 heteroatoms. The van der Waals surface area contributed by atoms with Crippen LogP contribution in [0.4, 0.5) is 0 Å². The highest BCUT2D eigenvalue weighted by Crippen LogP contribution is 2.32. The maximum atomic E-state index is 5.67. The summed E-state index contributed by atoms with van der Waals surface area (Å²) in [5.74, 6) is 2.10. The summed E-state index contributed by atoms with van der Waals surface area (Å²) in [4.78, 5) is 3.91. The Balaban J connectivity index is 2.14. The monoisotopic (exact) mass is 300 g/mol. The van der Waals surface area contributed by atoms with E-state index in [0.717, 1.165) is 22.9 Å². The SMILES string of the molecule is C=C(C)N1C=COC(C(C)C(C)C2=CN(C(=C)C)C=CO2)=C1. The minimum absolute atomic E-state index is 0.163. The van der Waals surface area contributed by atoms with Gasteiger partial charge in [-0.25, -0.2) is 0 Å². The Labute approximate surface area is 133 Å². The van der Waals surface area contributed by atoms with Crippen LogP contribution in [0.15, 0.2) is 73.4 Å². The van der Waals surface area contributed by atoms with Gasteiger partial charge in [-0.05, 0) is 13.8 Å². The largest absolute Gasteiger partial charge is 0.466 e. The average Bonchev–Trinajstić information content (AvgIpc) is 2.53. The van der Waals surface area contributed by atoms with E-state index in [4.69, 9.17) is 9.47 Å². The summed E-state index contributed by atoms with van der Waals surface area (Å²) < 4.78 is 11.3. The highest BCUT2D eigenvalue weighted by Gasteiger charge is 2.26. The van der Waals surface area contributed by atoms with Crippen molar-refractivity contribution in [3.63, 3.8) is 0 Å². The van der Waals surface area contributed by atoms with Crippen molar-refractivity contribution in [2.45, 2.75) is 27.7 Å². The molecule has 0 radical (unpaired) electrons. The van der Waals surface area contributed by atoms with Crippen LogP contribution in [-0.4, -0.2) is 9.80 Å². The number of nitrogens with zero attached hydrogens (tertiary/aromatic N) is 2. The molecular formula is C18H24N2O2. The standard InChI is InChI=1S/C18H24N2O2/c1-13(2)19-7-9-21-17(11-19)15(5)16(6)18-12-20(14(3)4)8-10-22-18/h7-12,15-16H,1,3H2,2,4-6H3. The molecule has 0 aliphatic carbocycles. The van der Waals surface area contributed by atoms with Crippen LogP contribution in [0.3, 0.4) is 0 Å². The van der Waals surface area contributed by atoms with Gasteiger partial charge in [-0.15, -0.1) is 0 Å². The van der Waals surface area contributed by atoms with Gasteiger partial charge >= 0.3 is 0 Å². The maximum absolute atomic E-state index is 5.67. The molecule has 0 N–H and O–H groups in total. The first-order chi connectivity index (χ1) is 10.4. The quantitative estimate of drug-likeness (QED) is 0.740. The molecule has 0 amide bonds. The third kappa shape index (κ3) is 3.45. The molecule has 22 heavy (non-hydrogen) atoms. The molecule has 0 spiro atoms. The van der Waals surface area contributed by atoms with Crippen molar-refractivity contribution in [3.05, 3.63) is 73.4 Å². The summed E-state index contributed by atoms with van der Waals surface area (Å²) in [6.45, 7) is 16.1. The molecule has 2 unspecified atom stereocenters. The maximum Gasteiger partial charge on any atom is 0.123 e. The molecule has 0 saturated heterocycles. The summed E-state index contributed by atoms with van der Waals surface area (Å²) in [7, 11) is 0. The van der Waals surface area contributed by atoms with Crippen molar-refractivity contribution in [3.8, 4) is 0 Å². The lowest BCUT2D eigenvalue weighted by molar-refractivity contribution is 0.198. The molecule has 4 nitrogen and oxygen atoms in total. The van der Waals surface area contributed by atoms with Crippen LogP contribution >= 0.6 is 0 Å². The van der Waals surface area contributed by atoms with E-state index in [1.165, 1.54) is 0 Å². The van der Waals surface area contributed by atoms with Crippen LogP contribution in [0.2, 0.25) is 0 Å². The molecule has 0 aromatic heterocycles. The molecule has 2 aliphatic rings. The Morgan fingerprint density at radius 1 is 0.864 bits per heavy atom. The number of ether oxygens (including phenoxy) is 2. The highest BCUT2D eigenvalue weighted by molar-refractivity contribution is 5.18. The van der Waals surface area contributed by atoms with Gasteiger partial charge in [-0.2, -0.15) is 0 Å². The Morgan fingerprint density at radius 2 is 1.23 bits per heavy atom. The van der Waals surface area contributed by atoms with Gasteiger partial charge in [0, 0.05) is 48.0 Å². The molecule has 118 valence electrons. The Bertz CT molecular complexity index is 532. The second kappa shape index (κ2) is 6.60.